The molecule has 17 heavy (non-hydrogen) atoms. The normalized spacial score (nSPS) is 21.6. The highest BCUT2D eigenvalue weighted by Crippen LogP contribution is 2.22. The third-order valence-electron chi connectivity index (χ3n) is 3.21. The molecule has 1 N–H and O–H groups in total. The molecule has 0 bridgehead atoms. The summed E-state index contributed by atoms with van der Waals surface area (Å²) in [6.45, 7) is 3.41. The summed E-state index contributed by atoms with van der Waals surface area (Å²) in [4.78, 5) is 0. The van der Waals surface area contributed by atoms with E-state index in [2.05, 4.69) is 36.1 Å². The summed E-state index contributed by atoms with van der Waals surface area (Å²) < 4.78 is 0. The second-order valence-electron chi connectivity index (χ2n) is 4.87. The van der Waals surface area contributed by atoms with Crippen molar-refractivity contribution in [1.82, 2.24) is 5.32 Å². The largest absolute Gasteiger partial charge is 0.314 e. The van der Waals surface area contributed by atoms with Crippen LogP contribution in [-0.4, -0.2) is 24.1 Å². The molecule has 3 heteroatoms. The first-order valence-corrected chi connectivity index (χ1v) is 7.83. The van der Waals surface area contributed by atoms with Crippen LogP contribution in [0.15, 0.2) is 24.3 Å². The summed E-state index contributed by atoms with van der Waals surface area (Å²) in [6.07, 6.45) is 2.43. The minimum atomic E-state index is 0.527. The van der Waals surface area contributed by atoms with Gasteiger partial charge in [-0.05, 0) is 61.4 Å². The molecular weight excluding hydrogens is 250 g/mol. The van der Waals surface area contributed by atoms with Crippen LogP contribution in [0.5, 0.6) is 0 Å². The molecule has 0 spiro atoms. The molecule has 1 nitrogen and oxygen atoms in total. The van der Waals surface area contributed by atoms with Gasteiger partial charge in [0.05, 0.1) is 0 Å². The van der Waals surface area contributed by atoms with E-state index in [0.29, 0.717) is 6.04 Å². The van der Waals surface area contributed by atoms with Crippen LogP contribution in [0.25, 0.3) is 0 Å². The fourth-order valence-corrected chi connectivity index (χ4v) is 3.70. The molecule has 1 aliphatic heterocycles. The van der Waals surface area contributed by atoms with Gasteiger partial charge in [-0.25, -0.2) is 0 Å². The topological polar surface area (TPSA) is 12.0 Å². The average molecular weight is 270 g/mol. The minimum Gasteiger partial charge on any atom is -0.314 e. The van der Waals surface area contributed by atoms with Gasteiger partial charge in [0.1, 0.15) is 0 Å². The molecule has 1 fully saturated rings. The number of thioether (sulfide) groups is 1. The third kappa shape index (κ3) is 4.53. The lowest BCUT2D eigenvalue weighted by Gasteiger charge is -2.16. The molecule has 1 heterocycles. The van der Waals surface area contributed by atoms with Crippen LogP contribution >= 0.6 is 23.4 Å². The Morgan fingerprint density at radius 3 is 3.12 bits per heavy atom. The van der Waals surface area contributed by atoms with Gasteiger partial charge in [0.25, 0.3) is 0 Å². The smallest absolute Gasteiger partial charge is 0.0408 e. The Labute approximate surface area is 113 Å². The van der Waals surface area contributed by atoms with E-state index in [1.54, 1.807) is 0 Å². The summed E-state index contributed by atoms with van der Waals surface area (Å²) >= 11 is 8.07. The number of hydrogen-bond donors (Lipinski definition) is 1. The molecule has 0 amide bonds. The highest BCUT2D eigenvalue weighted by atomic mass is 35.5. The average Bonchev–Trinajstić information content (AvgIpc) is 2.79. The van der Waals surface area contributed by atoms with Crippen molar-refractivity contribution in [3.05, 3.63) is 34.9 Å². The van der Waals surface area contributed by atoms with Gasteiger partial charge >= 0.3 is 0 Å². The standard InChI is InChI=1S/C14H20ClNS/c1-11(16-9-13-5-6-17-10-13)7-12-3-2-4-14(15)8-12/h2-4,8,11,13,16H,5-7,9-10H2,1H3. The van der Waals surface area contributed by atoms with Crippen molar-refractivity contribution in [2.75, 3.05) is 18.1 Å². The van der Waals surface area contributed by atoms with Crippen molar-refractivity contribution in [2.45, 2.75) is 25.8 Å². The highest BCUT2D eigenvalue weighted by molar-refractivity contribution is 7.99. The number of nitrogens with one attached hydrogen (secondary N) is 1. The van der Waals surface area contributed by atoms with E-state index in [-0.39, 0.29) is 0 Å². The molecular formula is C14H20ClNS. The van der Waals surface area contributed by atoms with Crippen LogP contribution in [0.2, 0.25) is 5.02 Å². The van der Waals surface area contributed by atoms with Crippen molar-refractivity contribution in [2.24, 2.45) is 5.92 Å². The summed E-state index contributed by atoms with van der Waals surface area (Å²) in [5.41, 5.74) is 1.32. The van der Waals surface area contributed by atoms with Gasteiger partial charge in [-0.1, -0.05) is 23.7 Å². The first kappa shape index (κ1) is 13.3. The fraction of sp³-hybridized carbons (Fsp3) is 0.571. The van der Waals surface area contributed by atoms with Crippen molar-refractivity contribution in [3.63, 3.8) is 0 Å². The van der Waals surface area contributed by atoms with Crippen molar-refractivity contribution in [1.29, 1.82) is 0 Å². The Morgan fingerprint density at radius 2 is 2.41 bits per heavy atom. The number of benzene rings is 1. The van der Waals surface area contributed by atoms with E-state index in [4.69, 9.17) is 11.6 Å². The van der Waals surface area contributed by atoms with Crippen LogP contribution in [-0.2, 0) is 6.42 Å². The maximum atomic E-state index is 5.99. The van der Waals surface area contributed by atoms with Crippen molar-refractivity contribution >= 4 is 23.4 Å². The highest BCUT2D eigenvalue weighted by Gasteiger charge is 2.15. The van der Waals surface area contributed by atoms with E-state index in [0.717, 1.165) is 23.9 Å². The van der Waals surface area contributed by atoms with Crippen molar-refractivity contribution < 1.29 is 0 Å². The van der Waals surface area contributed by atoms with Gasteiger partial charge in [0.15, 0.2) is 0 Å². The summed E-state index contributed by atoms with van der Waals surface area (Å²) in [5.74, 6) is 3.55. The van der Waals surface area contributed by atoms with Crippen LogP contribution in [0.3, 0.4) is 0 Å². The molecule has 2 unspecified atom stereocenters. The van der Waals surface area contributed by atoms with Crippen LogP contribution < -0.4 is 5.32 Å². The second-order valence-corrected chi connectivity index (χ2v) is 6.46. The van der Waals surface area contributed by atoms with Gasteiger partial charge in [-0.3, -0.25) is 0 Å². The third-order valence-corrected chi connectivity index (χ3v) is 4.68. The van der Waals surface area contributed by atoms with E-state index in [1.165, 1.54) is 23.5 Å². The maximum Gasteiger partial charge on any atom is 0.0408 e. The fourth-order valence-electron chi connectivity index (χ4n) is 2.20. The van der Waals surface area contributed by atoms with Gasteiger partial charge in [0, 0.05) is 11.1 Å². The Kier molecular flexibility index (Phi) is 5.20. The lowest BCUT2D eigenvalue weighted by atomic mass is 10.1. The van der Waals surface area contributed by atoms with Crippen LogP contribution in [0.1, 0.15) is 18.9 Å². The molecule has 94 valence electrons. The Hall–Kier alpha value is -0.180. The summed E-state index contributed by atoms with van der Waals surface area (Å²) in [6, 6.07) is 8.69. The van der Waals surface area contributed by atoms with E-state index < -0.39 is 0 Å². The molecule has 2 rings (SSSR count). The first-order chi connectivity index (χ1) is 8.24. The van der Waals surface area contributed by atoms with Crippen LogP contribution in [0, 0.1) is 5.92 Å². The molecule has 0 aromatic heterocycles. The minimum absolute atomic E-state index is 0.527. The zero-order chi connectivity index (χ0) is 12.1. The van der Waals surface area contributed by atoms with Gasteiger partial charge in [-0.2, -0.15) is 11.8 Å². The molecule has 1 saturated heterocycles. The Morgan fingerprint density at radius 1 is 1.53 bits per heavy atom. The molecule has 0 saturated carbocycles. The predicted octanol–water partition coefficient (Wildman–Crippen LogP) is 3.61. The first-order valence-electron chi connectivity index (χ1n) is 6.29. The molecule has 2 atom stereocenters. The van der Waals surface area contributed by atoms with Gasteiger partial charge < -0.3 is 5.32 Å². The number of hydrogen-bond acceptors (Lipinski definition) is 2. The Balaban J connectivity index is 1.74. The quantitative estimate of drug-likeness (QED) is 0.876. The predicted molar refractivity (Wildman–Crippen MR) is 78.1 cm³/mol. The number of halogens is 1. The Bertz CT molecular complexity index is 350. The van der Waals surface area contributed by atoms with Crippen molar-refractivity contribution in [3.8, 4) is 0 Å². The summed E-state index contributed by atoms with van der Waals surface area (Å²) in [7, 11) is 0. The van der Waals surface area contributed by atoms with E-state index in [9.17, 15) is 0 Å². The van der Waals surface area contributed by atoms with Gasteiger partial charge in [0.2, 0.25) is 0 Å². The zero-order valence-electron chi connectivity index (χ0n) is 10.3. The molecule has 0 radical (unpaired) electrons. The second kappa shape index (κ2) is 6.67. The molecule has 1 aliphatic rings. The van der Waals surface area contributed by atoms with Crippen LogP contribution in [0.4, 0.5) is 0 Å². The molecule has 1 aromatic carbocycles. The lowest BCUT2D eigenvalue weighted by molar-refractivity contribution is 0.466. The SMILES string of the molecule is CC(Cc1cccc(Cl)c1)NCC1CCSC1. The lowest BCUT2D eigenvalue weighted by Crippen LogP contribution is -2.32. The zero-order valence-corrected chi connectivity index (χ0v) is 11.9. The molecule has 0 aliphatic carbocycles. The number of rotatable bonds is 5. The monoisotopic (exact) mass is 269 g/mol. The van der Waals surface area contributed by atoms with E-state index in [1.807, 2.05) is 12.1 Å². The maximum absolute atomic E-state index is 5.99. The molecule has 1 aromatic rings. The van der Waals surface area contributed by atoms with E-state index >= 15 is 0 Å². The summed E-state index contributed by atoms with van der Waals surface area (Å²) in [5, 5.41) is 4.47. The van der Waals surface area contributed by atoms with Gasteiger partial charge in [-0.15, -0.1) is 0 Å².